The molecular weight excluding hydrogens is 336 g/mol. The van der Waals surface area contributed by atoms with Crippen LogP contribution in [0, 0.1) is 11.3 Å². The molecule has 2 aliphatic heterocycles. The minimum atomic E-state index is -0.188. The SMILES string of the molecule is O=C(C1CCC(O)CC1)N1CCCC2(CCCN(Cc3ccccc3)C2)C1. The van der Waals surface area contributed by atoms with Crippen LogP contribution in [0.3, 0.4) is 0 Å². The predicted octanol–water partition coefficient (Wildman–Crippen LogP) is 3.44. The Morgan fingerprint density at radius 2 is 1.70 bits per heavy atom. The van der Waals surface area contributed by atoms with Crippen molar-refractivity contribution in [3.8, 4) is 0 Å². The normalized spacial score (nSPS) is 32.6. The molecule has 3 aliphatic rings. The fourth-order valence-corrected chi connectivity index (χ4v) is 5.60. The van der Waals surface area contributed by atoms with Gasteiger partial charge in [0.2, 0.25) is 5.91 Å². The van der Waals surface area contributed by atoms with E-state index in [1.54, 1.807) is 0 Å². The van der Waals surface area contributed by atoms with Crippen molar-refractivity contribution < 1.29 is 9.90 Å². The van der Waals surface area contributed by atoms with Gasteiger partial charge in [-0.1, -0.05) is 30.3 Å². The lowest BCUT2D eigenvalue weighted by molar-refractivity contribution is -0.142. The molecule has 1 aliphatic carbocycles. The minimum absolute atomic E-state index is 0.146. The van der Waals surface area contributed by atoms with Crippen molar-refractivity contribution in [3.05, 3.63) is 35.9 Å². The second kappa shape index (κ2) is 8.32. The number of benzene rings is 1. The number of rotatable bonds is 3. The van der Waals surface area contributed by atoms with Gasteiger partial charge >= 0.3 is 0 Å². The number of hydrogen-bond donors (Lipinski definition) is 1. The van der Waals surface area contributed by atoms with Crippen LogP contribution in [0.1, 0.15) is 56.9 Å². The molecule has 4 rings (SSSR count). The maximum absolute atomic E-state index is 13.1. The molecule has 4 heteroatoms. The summed E-state index contributed by atoms with van der Waals surface area (Å²) in [6.45, 7) is 5.19. The third kappa shape index (κ3) is 4.55. The molecule has 148 valence electrons. The van der Waals surface area contributed by atoms with Crippen LogP contribution in [0.2, 0.25) is 0 Å². The van der Waals surface area contributed by atoms with Crippen LogP contribution in [0.15, 0.2) is 30.3 Å². The van der Waals surface area contributed by atoms with Gasteiger partial charge in [-0.05, 0) is 63.5 Å². The number of nitrogens with zero attached hydrogens (tertiary/aromatic N) is 2. The van der Waals surface area contributed by atoms with E-state index in [9.17, 15) is 9.90 Å². The summed E-state index contributed by atoms with van der Waals surface area (Å²) < 4.78 is 0. The molecule has 4 nitrogen and oxygen atoms in total. The summed E-state index contributed by atoms with van der Waals surface area (Å²) in [5.74, 6) is 0.508. The Labute approximate surface area is 163 Å². The van der Waals surface area contributed by atoms with Gasteiger partial charge in [0, 0.05) is 37.5 Å². The van der Waals surface area contributed by atoms with Crippen molar-refractivity contribution in [3.63, 3.8) is 0 Å². The molecule has 0 aromatic heterocycles. The van der Waals surface area contributed by atoms with E-state index in [1.165, 1.54) is 31.4 Å². The molecule has 1 atom stereocenters. The van der Waals surface area contributed by atoms with Crippen LogP contribution in [0.25, 0.3) is 0 Å². The van der Waals surface area contributed by atoms with Crippen molar-refractivity contribution >= 4 is 5.91 Å². The molecule has 1 N–H and O–H groups in total. The summed E-state index contributed by atoms with van der Waals surface area (Å²) in [6, 6.07) is 10.8. The van der Waals surface area contributed by atoms with Gasteiger partial charge in [-0.15, -0.1) is 0 Å². The van der Waals surface area contributed by atoms with E-state index in [-0.39, 0.29) is 17.4 Å². The molecule has 1 unspecified atom stereocenters. The summed E-state index contributed by atoms with van der Waals surface area (Å²) in [6.07, 6.45) is 8.02. The van der Waals surface area contributed by atoms with E-state index < -0.39 is 0 Å². The smallest absolute Gasteiger partial charge is 0.225 e. The second-order valence-electron chi connectivity index (χ2n) is 9.17. The number of hydrogen-bond acceptors (Lipinski definition) is 3. The van der Waals surface area contributed by atoms with Gasteiger partial charge in [0.15, 0.2) is 0 Å². The van der Waals surface area contributed by atoms with Crippen LogP contribution >= 0.6 is 0 Å². The molecule has 1 aromatic rings. The highest BCUT2D eigenvalue weighted by atomic mass is 16.3. The maximum atomic E-state index is 13.1. The molecule has 2 heterocycles. The van der Waals surface area contributed by atoms with E-state index in [2.05, 4.69) is 40.1 Å². The number of aliphatic hydroxyl groups excluding tert-OH is 1. The average Bonchev–Trinajstić information content (AvgIpc) is 2.69. The minimum Gasteiger partial charge on any atom is -0.393 e. The summed E-state index contributed by atoms with van der Waals surface area (Å²) in [5, 5.41) is 9.74. The monoisotopic (exact) mass is 370 g/mol. The first-order valence-corrected chi connectivity index (χ1v) is 10.9. The van der Waals surface area contributed by atoms with Crippen LogP contribution in [0.5, 0.6) is 0 Å². The van der Waals surface area contributed by atoms with Crippen molar-refractivity contribution in [1.29, 1.82) is 0 Å². The maximum Gasteiger partial charge on any atom is 0.225 e. The quantitative estimate of drug-likeness (QED) is 0.886. The molecule has 1 spiro atoms. The van der Waals surface area contributed by atoms with Crippen molar-refractivity contribution in [2.45, 2.75) is 64.0 Å². The molecule has 0 bridgehead atoms. The first-order valence-electron chi connectivity index (χ1n) is 10.9. The van der Waals surface area contributed by atoms with Gasteiger partial charge in [-0.25, -0.2) is 0 Å². The van der Waals surface area contributed by atoms with Crippen LogP contribution in [0.4, 0.5) is 0 Å². The Bertz CT molecular complexity index is 623. The van der Waals surface area contributed by atoms with Gasteiger partial charge < -0.3 is 10.0 Å². The fourth-order valence-electron chi connectivity index (χ4n) is 5.60. The van der Waals surface area contributed by atoms with Crippen molar-refractivity contribution in [2.24, 2.45) is 11.3 Å². The summed E-state index contributed by atoms with van der Waals surface area (Å²) >= 11 is 0. The second-order valence-corrected chi connectivity index (χ2v) is 9.17. The van der Waals surface area contributed by atoms with Crippen molar-refractivity contribution in [1.82, 2.24) is 9.80 Å². The molecule has 1 amide bonds. The number of carbonyl (C=O) groups excluding carboxylic acids is 1. The summed E-state index contributed by atoms with van der Waals surface area (Å²) in [5.41, 5.74) is 1.67. The Morgan fingerprint density at radius 1 is 1.00 bits per heavy atom. The zero-order valence-corrected chi connectivity index (χ0v) is 16.5. The predicted molar refractivity (Wildman–Crippen MR) is 107 cm³/mol. The number of aliphatic hydroxyl groups is 1. The number of piperidine rings is 2. The zero-order valence-electron chi connectivity index (χ0n) is 16.5. The topological polar surface area (TPSA) is 43.8 Å². The zero-order chi connectivity index (χ0) is 18.7. The van der Waals surface area contributed by atoms with E-state index in [1.807, 2.05) is 0 Å². The molecular formula is C23H34N2O2. The highest BCUT2D eigenvalue weighted by Gasteiger charge is 2.41. The average molecular weight is 371 g/mol. The molecule has 1 aromatic carbocycles. The highest BCUT2D eigenvalue weighted by Crippen LogP contribution is 2.40. The van der Waals surface area contributed by atoms with Gasteiger partial charge in [-0.2, -0.15) is 0 Å². The summed E-state index contributed by atoms with van der Waals surface area (Å²) in [7, 11) is 0. The largest absolute Gasteiger partial charge is 0.393 e. The fraction of sp³-hybridized carbons (Fsp3) is 0.696. The first-order chi connectivity index (χ1) is 13.1. The molecule has 27 heavy (non-hydrogen) atoms. The first kappa shape index (κ1) is 18.9. The highest BCUT2D eigenvalue weighted by molar-refractivity contribution is 5.79. The van der Waals surface area contributed by atoms with Gasteiger partial charge in [-0.3, -0.25) is 9.69 Å². The van der Waals surface area contributed by atoms with E-state index >= 15 is 0 Å². The van der Waals surface area contributed by atoms with Crippen LogP contribution in [-0.4, -0.2) is 53.1 Å². The molecule has 3 fully saturated rings. The van der Waals surface area contributed by atoms with Gasteiger partial charge in [0.05, 0.1) is 6.10 Å². The Hall–Kier alpha value is -1.39. The molecule has 1 saturated carbocycles. The Kier molecular flexibility index (Phi) is 5.84. The lowest BCUT2D eigenvalue weighted by Gasteiger charge is -2.49. The summed E-state index contributed by atoms with van der Waals surface area (Å²) in [4.78, 5) is 17.9. The Balaban J connectivity index is 1.38. The van der Waals surface area contributed by atoms with Gasteiger partial charge in [0.25, 0.3) is 0 Å². The third-order valence-corrected chi connectivity index (χ3v) is 7.01. The number of carbonyl (C=O) groups is 1. The lowest BCUT2D eigenvalue weighted by Crippen LogP contribution is -2.54. The third-order valence-electron chi connectivity index (χ3n) is 7.01. The van der Waals surface area contributed by atoms with Crippen LogP contribution in [-0.2, 0) is 11.3 Å². The van der Waals surface area contributed by atoms with E-state index in [4.69, 9.17) is 0 Å². The molecule has 2 saturated heterocycles. The van der Waals surface area contributed by atoms with Gasteiger partial charge in [0.1, 0.15) is 0 Å². The van der Waals surface area contributed by atoms with E-state index in [0.717, 1.165) is 58.3 Å². The standard InChI is InChI=1S/C23H34N2O2/c26-21-10-8-20(9-11-21)22(27)25-15-5-13-23(18-25)12-4-14-24(17-23)16-19-6-2-1-3-7-19/h1-3,6-7,20-21,26H,4-5,8-18H2. The van der Waals surface area contributed by atoms with E-state index in [0.29, 0.717) is 5.91 Å². The Morgan fingerprint density at radius 3 is 2.44 bits per heavy atom. The molecule has 0 radical (unpaired) electrons. The van der Waals surface area contributed by atoms with Crippen LogP contribution < -0.4 is 0 Å². The number of likely N-dealkylation sites (tertiary alicyclic amines) is 2. The lowest BCUT2D eigenvalue weighted by atomic mass is 9.73. The van der Waals surface area contributed by atoms with Crippen molar-refractivity contribution in [2.75, 3.05) is 26.2 Å². The number of amides is 1.